The molecule has 1 amide bonds. The van der Waals surface area contributed by atoms with Gasteiger partial charge in [0.2, 0.25) is 5.91 Å². The summed E-state index contributed by atoms with van der Waals surface area (Å²) < 4.78 is 7.31. The summed E-state index contributed by atoms with van der Waals surface area (Å²) in [4.78, 5) is 13.6. The SMILES string of the molecule is COc1ccc(C23C[C@@H]4C[C@@H](CC(C(=O)NCc5nnc6ccccn56)(C4)C2)C3)cc1. The highest BCUT2D eigenvalue weighted by atomic mass is 16.5. The summed E-state index contributed by atoms with van der Waals surface area (Å²) >= 11 is 0. The zero-order chi connectivity index (χ0) is 21.1. The second-order valence-corrected chi connectivity index (χ2v) is 9.98. The molecule has 4 saturated carbocycles. The van der Waals surface area contributed by atoms with Crippen LogP contribution in [0.25, 0.3) is 5.65 Å². The molecule has 6 nitrogen and oxygen atoms in total. The predicted octanol–water partition coefficient (Wildman–Crippen LogP) is 3.89. The van der Waals surface area contributed by atoms with Crippen molar-refractivity contribution in [2.45, 2.75) is 50.5 Å². The van der Waals surface area contributed by atoms with Gasteiger partial charge in [-0.15, -0.1) is 10.2 Å². The number of rotatable bonds is 5. The third-order valence-electron chi connectivity index (χ3n) is 8.04. The van der Waals surface area contributed by atoms with Crippen LogP contribution in [0.15, 0.2) is 48.7 Å². The minimum atomic E-state index is -0.259. The van der Waals surface area contributed by atoms with Gasteiger partial charge in [-0.05, 0) is 85.6 Å². The molecule has 3 aromatic rings. The largest absolute Gasteiger partial charge is 0.497 e. The van der Waals surface area contributed by atoms with Crippen LogP contribution < -0.4 is 10.1 Å². The molecule has 160 valence electrons. The second-order valence-electron chi connectivity index (χ2n) is 9.98. The van der Waals surface area contributed by atoms with Crippen molar-refractivity contribution in [3.8, 4) is 5.75 Å². The number of benzene rings is 1. The first-order valence-electron chi connectivity index (χ1n) is 11.3. The van der Waals surface area contributed by atoms with Crippen molar-refractivity contribution in [2.24, 2.45) is 17.3 Å². The lowest BCUT2D eigenvalue weighted by Crippen LogP contribution is -2.59. The molecule has 4 fully saturated rings. The highest BCUT2D eigenvalue weighted by Crippen LogP contribution is 2.65. The number of ether oxygens (including phenoxy) is 1. The standard InChI is InChI=1S/C25H28N4O2/c1-31-20-7-5-19(6-8-20)24-11-17-10-18(12-24)14-25(13-17,16-24)23(30)26-15-22-28-27-21-4-2-3-9-29(21)22/h2-9,17-18H,10-16H2,1H3,(H,26,30)/t17-,18+,24?,25?. The summed E-state index contributed by atoms with van der Waals surface area (Å²) in [6, 6.07) is 14.4. The molecule has 1 N–H and O–H groups in total. The van der Waals surface area contributed by atoms with Crippen molar-refractivity contribution in [3.63, 3.8) is 0 Å². The number of hydrogen-bond donors (Lipinski definition) is 1. The van der Waals surface area contributed by atoms with E-state index < -0.39 is 0 Å². The molecule has 0 spiro atoms. The molecule has 4 aliphatic rings. The van der Waals surface area contributed by atoms with E-state index >= 15 is 0 Å². The minimum absolute atomic E-state index is 0.120. The fourth-order valence-electron chi connectivity index (χ4n) is 7.17. The average molecular weight is 417 g/mol. The van der Waals surface area contributed by atoms with Gasteiger partial charge in [-0.3, -0.25) is 9.20 Å². The van der Waals surface area contributed by atoms with E-state index in [1.165, 1.54) is 24.8 Å². The molecule has 4 atom stereocenters. The van der Waals surface area contributed by atoms with Gasteiger partial charge in [0, 0.05) is 6.20 Å². The zero-order valence-corrected chi connectivity index (χ0v) is 17.9. The van der Waals surface area contributed by atoms with Crippen molar-refractivity contribution < 1.29 is 9.53 Å². The second kappa shape index (κ2) is 6.81. The Hall–Kier alpha value is -2.89. The van der Waals surface area contributed by atoms with E-state index in [0.717, 1.165) is 36.5 Å². The van der Waals surface area contributed by atoms with E-state index in [4.69, 9.17) is 4.74 Å². The van der Waals surface area contributed by atoms with Gasteiger partial charge in [0.1, 0.15) is 5.75 Å². The Labute approximate surface area is 182 Å². The number of pyridine rings is 1. The van der Waals surface area contributed by atoms with Gasteiger partial charge in [0.15, 0.2) is 11.5 Å². The molecule has 4 aliphatic carbocycles. The lowest BCUT2D eigenvalue weighted by atomic mass is 9.42. The molecule has 4 bridgehead atoms. The number of aromatic nitrogens is 3. The number of amides is 1. The molecular formula is C25H28N4O2. The third kappa shape index (κ3) is 2.95. The first-order chi connectivity index (χ1) is 15.1. The third-order valence-corrected chi connectivity index (χ3v) is 8.04. The topological polar surface area (TPSA) is 68.5 Å². The molecule has 31 heavy (non-hydrogen) atoms. The van der Waals surface area contributed by atoms with Gasteiger partial charge in [0.25, 0.3) is 0 Å². The summed E-state index contributed by atoms with van der Waals surface area (Å²) in [5.41, 5.74) is 2.04. The van der Waals surface area contributed by atoms with Crippen LogP contribution in [0.1, 0.15) is 49.9 Å². The minimum Gasteiger partial charge on any atom is -0.497 e. The maximum absolute atomic E-state index is 13.6. The number of nitrogens with zero attached hydrogens (tertiary/aromatic N) is 3. The van der Waals surface area contributed by atoms with E-state index in [0.29, 0.717) is 18.4 Å². The van der Waals surface area contributed by atoms with Gasteiger partial charge < -0.3 is 10.1 Å². The Balaban J connectivity index is 1.26. The van der Waals surface area contributed by atoms with Gasteiger partial charge in [-0.1, -0.05) is 18.2 Å². The number of nitrogens with one attached hydrogen (secondary N) is 1. The van der Waals surface area contributed by atoms with Crippen LogP contribution in [0.5, 0.6) is 5.75 Å². The van der Waals surface area contributed by atoms with E-state index in [1.54, 1.807) is 7.11 Å². The van der Waals surface area contributed by atoms with Crippen LogP contribution in [0.4, 0.5) is 0 Å². The van der Waals surface area contributed by atoms with Crippen molar-refractivity contribution in [2.75, 3.05) is 7.11 Å². The summed E-state index contributed by atoms with van der Waals surface area (Å²) in [6.07, 6.45) is 8.63. The number of methoxy groups -OCH3 is 1. The van der Waals surface area contributed by atoms with Crippen LogP contribution >= 0.6 is 0 Å². The molecule has 2 heterocycles. The van der Waals surface area contributed by atoms with E-state index in [9.17, 15) is 4.79 Å². The summed E-state index contributed by atoms with van der Waals surface area (Å²) in [6.45, 7) is 0.413. The first-order valence-corrected chi connectivity index (χ1v) is 11.3. The first kappa shape index (κ1) is 18.8. The van der Waals surface area contributed by atoms with E-state index in [2.05, 4.69) is 39.8 Å². The Kier molecular flexibility index (Phi) is 4.14. The molecule has 6 heteroatoms. The van der Waals surface area contributed by atoms with Crippen LogP contribution in [-0.2, 0) is 16.8 Å². The average Bonchev–Trinajstić information content (AvgIpc) is 3.20. The number of carbonyl (C=O) groups is 1. The lowest BCUT2D eigenvalue weighted by Gasteiger charge is -2.61. The normalized spacial score (nSPS) is 31.1. The molecule has 2 unspecified atom stereocenters. The van der Waals surface area contributed by atoms with Gasteiger partial charge in [0.05, 0.1) is 19.1 Å². The smallest absolute Gasteiger partial charge is 0.226 e. The Morgan fingerprint density at radius 2 is 1.87 bits per heavy atom. The quantitative estimate of drug-likeness (QED) is 0.685. The number of carbonyl (C=O) groups excluding carboxylic acids is 1. The summed E-state index contributed by atoms with van der Waals surface area (Å²) in [5, 5.41) is 11.7. The highest BCUT2D eigenvalue weighted by molar-refractivity contribution is 5.83. The zero-order valence-electron chi connectivity index (χ0n) is 17.9. The molecule has 0 saturated heterocycles. The number of hydrogen-bond acceptors (Lipinski definition) is 4. The molecule has 0 aliphatic heterocycles. The van der Waals surface area contributed by atoms with Crippen LogP contribution in [0, 0.1) is 17.3 Å². The maximum atomic E-state index is 13.6. The van der Waals surface area contributed by atoms with Crippen molar-refractivity contribution in [1.29, 1.82) is 0 Å². The Morgan fingerprint density at radius 1 is 1.10 bits per heavy atom. The Morgan fingerprint density at radius 3 is 2.61 bits per heavy atom. The van der Waals surface area contributed by atoms with Crippen LogP contribution in [-0.4, -0.2) is 27.6 Å². The summed E-state index contributed by atoms with van der Waals surface area (Å²) in [7, 11) is 1.71. The highest BCUT2D eigenvalue weighted by Gasteiger charge is 2.60. The summed E-state index contributed by atoms with van der Waals surface area (Å²) in [5.74, 6) is 3.15. The molecular weight excluding hydrogens is 388 g/mol. The molecule has 2 aromatic heterocycles. The predicted molar refractivity (Wildman–Crippen MR) is 117 cm³/mol. The van der Waals surface area contributed by atoms with Crippen LogP contribution in [0.3, 0.4) is 0 Å². The van der Waals surface area contributed by atoms with Gasteiger partial charge >= 0.3 is 0 Å². The lowest BCUT2D eigenvalue weighted by molar-refractivity contribution is -0.149. The Bertz CT molecular complexity index is 1120. The number of fused-ring (bicyclic) bond motifs is 1. The van der Waals surface area contributed by atoms with Crippen LogP contribution in [0.2, 0.25) is 0 Å². The van der Waals surface area contributed by atoms with Gasteiger partial charge in [-0.2, -0.15) is 0 Å². The fourth-order valence-corrected chi connectivity index (χ4v) is 7.17. The maximum Gasteiger partial charge on any atom is 0.226 e. The molecule has 0 radical (unpaired) electrons. The monoisotopic (exact) mass is 416 g/mol. The van der Waals surface area contributed by atoms with Crippen molar-refractivity contribution >= 4 is 11.6 Å². The van der Waals surface area contributed by atoms with E-state index in [1.807, 2.05) is 28.8 Å². The molecule has 1 aromatic carbocycles. The molecule has 7 rings (SSSR count). The van der Waals surface area contributed by atoms with E-state index in [-0.39, 0.29) is 16.7 Å². The van der Waals surface area contributed by atoms with Gasteiger partial charge in [-0.25, -0.2) is 0 Å². The van der Waals surface area contributed by atoms with Crippen molar-refractivity contribution in [1.82, 2.24) is 19.9 Å². The fraction of sp³-hybridized carbons (Fsp3) is 0.480. The van der Waals surface area contributed by atoms with Crippen molar-refractivity contribution in [3.05, 3.63) is 60.0 Å².